The minimum absolute atomic E-state index is 0.0366. The maximum absolute atomic E-state index is 12.8. The van der Waals surface area contributed by atoms with Crippen LogP contribution in [-0.2, 0) is 7.05 Å². The summed E-state index contributed by atoms with van der Waals surface area (Å²) >= 11 is 0. The number of carbonyl (C=O) groups excluding carboxylic acids is 1. The lowest BCUT2D eigenvalue weighted by molar-refractivity contribution is -0.0945. The van der Waals surface area contributed by atoms with Crippen LogP contribution in [0.4, 0.5) is 0 Å². The Morgan fingerprint density at radius 1 is 1.27 bits per heavy atom. The van der Waals surface area contributed by atoms with E-state index in [1.807, 2.05) is 4.90 Å². The first kappa shape index (κ1) is 15.3. The topological polar surface area (TPSA) is 55.2 Å². The number of hydrogen-bond acceptors (Lipinski definition) is 3. The molecule has 0 radical (unpaired) electrons. The molecule has 1 unspecified atom stereocenters. The lowest BCUT2D eigenvalue weighted by atomic mass is 9.59. The molecule has 1 saturated carbocycles. The van der Waals surface area contributed by atoms with Crippen molar-refractivity contribution in [2.45, 2.75) is 52.0 Å². The van der Waals surface area contributed by atoms with Crippen LogP contribution in [0.15, 0.2) is 16.9 Å². The molecule has 2 heterocycles. The molecule has 0 bridgehead atoms. The predicted molar refractivity (Wildman–Crippen MR) is 84.7 cm³/mol. The summed E-state index contributed by atoms with van der Waals surface area (Å²) in [5.41, 5.74) is 0.505. The molecule has 2 aliphatic rings. The van der Waals surface area contributed by atoms with Gasteiger partial charge in [0.1, 0.15) is 5.69 Å². The summed E-state index contributed by atoms with van der Waals surface area (Å²) in [5.74, 6) is 0.411. The molecule has 5 nitrogen and oxygen atoms in total. The minimum atomic E-state index is -0.190. The fraction of sp³-hybridized carbons (Fsp3) is 0.706. The van der Waals surface area contributed by atoms with Crippen molar-refractivity contribution in [1.29, 1.82) is 0 Å². The molecule has 1 spiro atoms. The lowest BCUT2D eigenvalue weighted by Gasteiger charge is -2.61. The average Bonchev–Trinajstić information content (AvgIpc) is 2.47. The van der Waals surface area contributed by atoms with Crippen LogP contribution in [0.3, 0.4) is 0 Å². The van der Waals surface area contributed by atoms with Crippen LogP contribution < -0.4 is 5.56 Å². The van der Waals surface area contributed by atoms with Crippen molar-refractivity contribution in [3.63, 3.8) is 0 Å². The van der Waals surface area contributed by atoms with Gasteiger partial charge in [-0.05, 0) is 24.8 Å². The third-order valence-electron chi connectivity index (χ3n) is 5.37. The zero-order valence-electron chi connectivity index (χ0n) is 13.7. The predicted octanol–water partition coefficient (Wildman–Crippen LogP) is 2.21. The van der Waals surface area contributed by atoms with Gasteiger partial charge in [0.05, 0.1) is 0 Å². The van der Waals surface area contributed by atoms with Gasteiger partial charge in [-0.1, -0.05) is 33.1 Å². The van der Waals surface area contributed by atoms with E-state index in [0.29, 0.717) is 23.1 Å². The van der Waals surface area contributed by atoms with Gasteiger partial charge in [-0.15, -0.1) is 0 Å². The van der Waals surface area contributed by atoms with E-state index < -0.39 is 0 Å². The first-order valence-electron chi connectivity index (χ1n) is 8.30. The largest absolute Gasteiger partial charge is 0.333 e. The number of rotatable bonds is 2. The summed E-state index contributed by atoms with van der Waals surface area (Å²) in [4.78, 5) is 26.2. The van der Waals surface area contributed by atoms with E-state index in [0.717, 1.165) is 6.54 Å². The van der Waals surface area contributed by atoms with E-state index in [9.17, 15) is 9.59 Å². The van der Waals surface area contributed by atoms with Gasteiger partial charge < -0.3 is 4.90 Å². The zero-order valence-corrected chi connectivity index (χ0v) is 13.7. The van der Waals surface area contributed by atoms with Gasteiger partial charge in [-0.2, -0.15) is 5.10 Å². The molecule has 1 saturated heterocycles. The number of hydrogen-bond donors (Lipinski definition) is 0. The number of aromatic nitrogens is 2. The zero-order chi connectivity index (χ0) is 15.9. The van der Waals surface area contributed by atoms with Crippen molar-refractivity contribution in [2.24, 2.45) is 18.4 Å². The Hall–Kier alpha value is -1.65. The van der Waals surface area contributed by atoms with Gasteiger partial charge in [0.15, 0.2) is 0 Å². The Labute approximate surface area is 131 Å². The molecule has 1 aromatic rings. The van der Waals surface area contributed by atoms with Crippen LogP contribution in [0, 0.1) is 11.3 Å². The Balaban J connectivity index is 1.83. The Morgan fingerprint density at radius 2 is 1.95 bits per heavy atom. The van der Waals surface area contributed by atoms with E-state index in [1.165, 1.54) is 42.9 Å². The SMILES string of the molecule is CC(C)C1N(C(=O)c2ccc(=O)n(C)n2)CC12CCCCC2. The van der Waals surface area contributed by atoms with E-state index in [1.54, 1.807) is 13.1 Å². The highest BCUT2D eigenvalue weighted by atomic mass is 16.2. The lowest BCUT2D eigenvalue weighted by Crippen LogP contribution is -2.68. The van der Waals surface area contributed by atoms with E-state index in [-0.39, 0.29) is 11.5 Å². The first-order valence-corrected chi connectivity index (χ1v) is 8.30. The Bertz CT molecular complexity index is 629. The normalized spacial score (nSPS) is 23.6. The van der Waals surface area contributed by atoms with Crippen molar-refractivity contribution in [3.05, 3.63) is 28.2 Å². The smallest absolute Gasteiger partial charge is 0.274 e. The van der Waals surface area contributed by atoms with Crippen molar-refractivity contribution in [2.75, 3.05) is 6.54 Å². The van der Waals surface area contributed by atoms with Crippen LogP contribution in [0.1, 0.15) is 56.4 Å². The van der Waals surface area contributed by atoms with Gasteiger partial charge in [0, 0.05) is 31.1 Å². The summed E-state index contributed by atoms with van der Waals surface area (Å²) < 4.78 is 1.23. The van der Waals surface area contributed by atoms with E-state index in [2.05, 4.69) is 18.9 Å². The molecule has 1 atom stereocenters. The van der Waals surface area contributed by atoms with Crippen LogP contribution >= 0.6 is 0 Å². The fourth-order valence-electron chi connectivity index (χ4n) is 4.49. The van der Waals surface area contributed by atoms with Gasteiger partial charge >= 0.3 is 0 Å². The van der Waals surface area contributed by atoms with Crippen molar-refractivity contribution in [1.82, 2.24) is 14.7 Å². The Kier molecular flexibility index (Phi) is 3.83. The highest BCUT2D eigenvalue weighted by Gasteiger charge is 2.55. The second-order valence-corrected chi connectivity index (χ2v) is 7.23. The molecule has 0 aromatic carbocycles. The van der Waals surface area contributed by atoms with Crippen LogP contribution in [0.25, 0.3) is 0 Å². The first-order chi connectivity index (χ1) is 10.4. The van der Waals surface area contributed by atoms with Crippen LogP contribution in [0.2, 0.25) is 0 Å². The summed E-state index contributed by atoms with van der Waals surface area (Å²) in [6.07, 6.45) is 6.36. The fourth-order valence-corrected chi connectivity index (χ4v) is 4.49. The number of amides is 1. The highest BCUT2D eigenvalue weighted by Crippen LogP contribution is 2.51. The number of aryl methyl sites for hydroxylation is 1. The summed E-state index contributed by atoms with van der Waals surface area (Å²) in [6.45, 7) is 5.25. The molecule has 120 valence electrons. The molecule has 1 aromatic heterocycles. The third-order valence-corrected chi connectivity index (χ3v) is 5.37. The summed E-state index contributed by atoms with van der Waals surface area (Å²) in [6, 6.07) is 3.27. The third kappa shape index (κ3) is 2.36. The average molecular weight is 303 g/mol. The molecular formula is C17H25N3O2. The van der Waals surface area contributed by atoms with Gasteiger partial charge in [-0.25, -0.2) is 4.68 Å². The molecule has 5 heteroatoms. The standard InChI is InChI=1S/C17H25N3O2/c1-12(2)15-17(9-5-4-6-10-17)11-20(15)16(22)13-7-8-14(21)19(3)18-13/h7-8,12,15H,4-6,9-11H2,1-3H3. The molecule has 1 amide bonds. The van der Waals surface area contributed by atoms with Crippen molar-refractivity contribution < 1.29 is 4.79 Å². The number of nitrogens with zero attached hydrogens (tertiary/aromatic N) is 3. The molecule has 0 N–H and O–H groups in total. The van der Waals surface area contributed by atoms with Crippen LogP contribution in [-0.4, -0.2) is 33.2 Å². The minimum Gasteiger partial charge on any atom is -0.333 e. The Morgan fingerprint density at radius 3 is 2.55 bits per heavy atom. The number of likely N-dealkylation sites (tertiary alicyclic amines) is 1. The highest BCUT2D eigenvalue weighted by molar-refractivity contribution is 5.93. The maximum atomic E-state index is 12.8. The quantitative estimate of drug-likeness (QED) is 0.841. The van der Waals surface area contributed by atoms with Gasteiger partial charge in [0.2, 0.25) is 0 Å². The molecular weight excluding hydrogens is 278 g/mol. The monoisotopic (exact) mass is 303 g/mol. The van der Waals surface area contributed by atoms with Crippen LogP contribution in [0.5, 0.6) is 0 Å². The van der Waals surface area contributed by atoms with Crippen molar-refractivity contribution >= 4 is 5.91 Å². The molecule has 3 rings (SSSR count). The summed E-state index contributed by atoms with van der Waals surface area (Å²) in [5, 5.41) is 4.12. The summed E-state index contributed by atoms with van der Waals surface area (Å²) in [7, 11) is 1.58. The second kappa shape index (κ2) is 5.52. The maximum Gasteiger partial charge on any atom is 0.274 e. The van der Waals surface area contributed by atoms with E-state index >= 15 is 0 Å². The molecule has 22 heavy (non-hydrogen) atoms. The molecule has 2 fully saturated rings. The second-order valence-electron chi connectivity index (χ2n) is 7.23. The van der Waals surface area contributed by atoms with Gasteiger partial charge in [0.25, 0.3) is 11.5 Å². The molecule has 1 aliphatic carbocycles. The molecule has 1 aliphatic heterocycles. The van der Waals surface area contributed by atoms with Gasteiger partial charge in [-0.3, -0.25) is 9.59 Å². The van der Waals surface area contributed by atoms with E-state index in [4.69, 9.17) is 0 Å². The number of carbonyl (C=O) groups is 1. The van der Waals surface area contributed by atoms with Crippen molar-refractivity contribution in [3.8, 4) is 0 Å².